The maximum absolute atomic E-state index is 13.5. The fourth-order valence-electron chi connectivity index (χ4n) is 9.39. The van der Waals surface area contributed by atoms with Crippen LogP contribution in [0.4, 0.5) is 36.1 Å². The van der Waals surface area contributed by atoms with Crippen molar-refractivity contribution in [3.8, 4) is 0 Å². The van der Waals surface area contributed by atoms with E-state index in [9.17, 15) is 37.1 Å². The zero-order valence-electron chi connectivity index (χ0n) is 33.2. The number of carbonyl (C=O) groups is 5. The van der Waals surface area contributed by atoms with Crippen molar-refractivity contribution in [2.45, 2.75) is 70.0 Å². The van der Waals surface area contributed by atoms with Crippen LogP contribution in [0.2, 0.25) is 0 Å². The topological polar surface area (TPSA) is 140 Å². The maximum Gasteiger partial charge on any atom is 0.407 e. The molecule has 1 unspecified atom stereocenters. The van der Waals surface area contributed by atoms with Crippen molar-refractivity contribution in [1.82, 2.24) is 20.1 Å². The number of fused-ring (bicyclic) bond motifs is 1. The molecule has 3 aromatic rings. The lowest BCUT2D eigenvalue weighted by Crippen LogP contribution is -2.54. The number of likely N-dealkylation sites (tertiary alicyclic amines) is 1. The second kappa shape index (κ2) is 17.0. The number of alkyl halides is 3. The number of aromatic nitrogens is 1. The minimum absolute atomic E-state index is 0.0836. The van der Waals surface area contributed by atoms with E-state index < -0.39 is 47.1 Å². The first-order valence-corrected chi connectivity index (χ1v) is 20.8. The van der Waals surface area contributed by atoms with E-state index in [1.807, 2.05) is 29.3 Å². The smallest absolute Gasteiger partial charge is 0.372 e. The molecule has 0 aliphatic carbocycles. The predicted octanol–water partition coefficient (Wildman–Crippen LogP) is 6.08. The molecular weight excluding hydrogens is 778 g/mol. The van der Waals surface area contributed by atoms with Gasteiger partial charge in [-0.2, -0.15) is 13.2 Å². The van der Waals surface area contributed by atoms with Gasteiger partial charge in [-0.3, -0.25) is 34.2 Å². The third-order valence-electron chi connectivity index (χ3n) is 12.9. The summed E-state index contributed by atoms with van der Waals surface area (Å²) in [5, 5.41) is 5.15. The Hall–Kier alpha value is -5.82. The van der Waals surface area contributed by atoms with Crippen LogP contribution in [0.15, 0.2) is 54.7 Å². The van der Waals surface area contributed by atoms with E-state index in [0.29, 0.717) is 54.8 Å². The molecule has 5 aliphatic heterocycles. The van der Waals surface area contributed by atoms with Crippen molar-refractivity contribution in [1.29, 1.82) is 0 Å². The molecule has 4 saturated heterocycles. The Bertz CT molecular complexity index is 2200. The van der Waals surface area contributed by atoms with Crippen LogP contribution >= 0.6 is 0 Å². The van der Waals surface area contributed by atoms with Crippen molar-refractivity contribution < 1.29 is 37.1 Å². The average Bonchev–Trinajstić information content (AvgIpc) is 3.49. The Morgan fingerprint density at radius 3 is 2.10 bits per heavy atom. The zero-order chi connectivity index (χ0) is 42.1. The maximum atomic E-state index is 13.5. The largest absolute Gasteiger partial charge is 0.407 e. The molecule has 5 aliphatic rings. The van der Waals surface area contributed by atoms with Crippen LogP contribution in [0, 0.1) is 24.3 Å². The Morgan fingerprint density at radius 1 is 0.800 bits per heavy atom. The normalized spacial score (nSPS) is 21.2. The van der Waals surface area contributed by atoms with Crippen molar-refractivity contribution in [2.24, 2.45) is 17.8 Å². The summed E-state index contributed by atoms with van der Waals surface area (Å²) in [5.41, 5.74) is 1.63. The first kappa shape index (κ1) is 40.9. The average molecular weight is 825 g/mol. The van der Waals surface area contributed by atoms with Gasteiger partial charge in [-0.15, -0.1) is 0 Å². The van der Waals surface area contributed by atoms with E-state index in [2.05, 4.69) is 30.3 Å². The molecule has 8 rings (SSSR count). The zero-order valence-corrected chi connectivity index (χ0v) is 33.2. The van der Waals surface area contributed by atoms with E-state index in [1.165, 1.54) is 12.1 Å². The molecule has 0 radical (unpaired) electrons. The Balaban J connectivity index is 0.745. The second-order valence-corrected chi connectivity index (χ2v) is 16.7. The number of amides is 5. The number of pyridine rings is 1. The van der Waals surface area contributed by atoms with E-state index in [-0.39, 0.29) is 30.2 Å². The fraction of sp³-hybridized carbons (Fsp3) is 0.477. The Morgan fingerprint density at radius 2 is 1.45 bits per heavy atom. The number of imide groups is 2. The molecule has 16 heteroatoms. The minimum atomic E-state index is -4.62. The predicted molar refractivity (Wildman–Crippen MR) is 216 cm³/mol. The van der Waals surface area contributed by atoms with Gasteiger partial charge in [0.15, 0.2) is 5.69 Å². The monoisotopic (exact) mass is 824 g/mol. The molecule has 0 bridgehead atoms. The molecular formula is C44H47F3N8O5. The summed E-state index contributed by atoms with van der Waals surface area (Å²) in [6.45, 7) is 12.7. The molecule has 0 spiro atoms. The minimum Gasteiger partial charge on any atom is -0.372 e. The number of halogens is 3. The van der Waals surface area contributed by atoms with Crippen LogP contribution in [-0.2, 0) is 27.0 Å². The third kappa shape index (κ3) is 8.72. The molecule has 1 aromatic heterocycles. The van der Waals surface area contributed by atoms with Gasteiger partial charge in [0.2, 0.25) is 17.7 Å². The number of nitrogens with zero attached hydrogens (tertiary/aromatic N) is 6. The number of benzene rings is 2. The summed E-state index contributed by atoms with van der Waals surface area (Å²) in [5.74, 6) is -0.849. The lowest BCUT2D eigenvalue weighted by Gasteiger charge is -2.38. The number of nitrogens with one attached hydrogen (secondary N) is 2. The van der Waals surface area contributed by atoms with Gasteiger partial charge >= 0.3 is 6.18 Å². The summed E-state index contributed by atoms with van der Waals surface area (Å²) >= 11 is 0. The Labute approximate surface area is 346 Å². The quantitative estimate of drug-likeness (QED) is 0.194. The first-order chi connectivity index (χ1) is 28.8. The highest BCUT2D eigenvalue weighted by molar-refractivity contribution is 6.23. The van der Waals surface area contributed by atoms with Gasteiger partial charge in [-0.05, 0) is 118 Å². The third-order valence-corrected chi connectivity index (χ3v) is 12.9. The molecule has 60 heavy (non-hydrogen) atoms. The van der Waals surface area contributed by atoms with Gasteiger partial charge in [0.1, 0.15) is 11.9 Å². The van der Waals surface area contributed by atoms with Crippen LogP contribution in [-0.4, -0.2) is 96.2 Å². The molecule has 6 heterocycles. The molecule has 2 N–H and O–H groups in total. The highest BCUT2D eigenvalue weighted by atomic mass is 19.4. The summed E-state index contributed by atoms with van der Waals surface area (Å²) in [7, 11) is 0. The van der Waals surface area contributed by atoms with E-state index in [0.717, 1.165) is 87.0 Å². The second-order valence-electron chi connectivity index (χ2n) is 16.7. The molecule has 0 saturated carbocycles. The molecule has 1 atom stereocenters. The van der Waals surface area contributed by atoms with E-state index in [1.54, 1.807) is 12.1 Å². The number of hydrogen-bond donors (Lipinski definition) is 2. The van der Waals surface area contributed by atoms with Crippen molar-refractivity contribution in [2.75, 3.05) is 60.9 Å². The van der Waals surface area contributed by atoms with Crippen LogP contribution in [0.5, 0.6) is 0 Å². The summed E-state index contributed by atoms with van der Waals surface area (Å²) in [6, 6.07) is 11.9. The number of anilines is 3. The molecule has 5 amide bonds. The highest BCUT2D eigenvalue weighted by Crippen LogP contribution is 2.40. The summed E-state index contributed by atoms with van der Waals surface area (Å²) in [4.78, 5) is 78.7. The van der Waals surface area contributed by atoms with Gasteiger partial charge in [-0.25, -0.2) is 9.83 Å². The van der Waals surface area contributed by atoms with Gasteiger partial charge < -0.3 is 20.0 Å². The van der Waals surface area contributed by atoms with E-state index in [4.69, 9.17) is 6.57 Å². The van der Waals surface area contributed by atoms with Crippen LogP contribution in [0.3, 0.4) is 0 Å². The van der Waals surface area contributed by atoms with Gasteiger partial charge in [0.25, 0.3) is 11.8 Å². The lowest BCUT2D eigenvalue weighted by atomic mass is 9.89. The standard InChI is InChI=1S/C44H47F3N8O5/c1-48-36-6-4-32(24-35(36)44(45,46)47)54-20-14-30(15-21-54)40(57)50-38-8-2-29(25-49-38)22-27-10-16-52(17-11-27)26-28-12-18-53(19-13-28)31-3-5-33-34(23-31)43(60)55(42(33)59)37-7-9-39(56)51-41(37)58/h2-6,8,23-25,27-28,30,37H,7,9-22,26H2,(H,49,50,57)(H,51,56,58). The van der Waals surface area contributed by atoms with Crippen LogP contribution in [0.1, 0.15) is 83.2 Å². The number of rotatable bonds is 9. The molecule has 314 valence electrons. The Kier molecular flexibility index (Phi) is 11.6. The molecule has 2 aromatic carbocycles. The highest BCUT2D eigenvalue weighted by Gasteiger charge is 2.45. The van der Waals surface area contributed by atoms with Gasteiger partial charge in [-0.1, -0.05) is 12.1 Å². The van der Waals surface area contributed by atoms with E-state index >= 15 is 0 Å². The summed E-state index contributed by atoms with van der Waals surface area (Å²) in [6.07, 6.45) is 3.55. The summed E-state index contributed by atoms with van der Waals surface area (Å²) < 4.78 is 40.4. The van der Waals surface area contributed by atoms with Gasteiger partial charge in [0, 0.05) is 62.6 Å². The molecule has 13 nitrogen and oxygen atoms in total. The SMILES string of the molecule is [C-]#[N+]c1ccc(N2CCC(C(=O)Nc3ccc(CC4CCN(CC5CCN(c6ccc7c(c6)C(=O)N(C6CCC(=O)NC6=O)C7=O)CC5)CC4)cn3)CC2)cc1C(F)(F)F. The van der Waals surface area contributed by atoms with Crippen molar-refractivity contribution >= 4 is 52.4 Å². The molecule has 4 fully saturated rings. The van der Waals surface area contributed by atoms with Crippen molar-refractivity contribution in [3.05, 3.63) is 88.4 Å². The lowest BCUT2D eigenvalue weighted by molar-refractivity contribution is -0.137. The number of piperidine rings is 4. The van der Waals surface area contributed by atoms with Gasteiger partial charge in [0.05, 0.1) is 23.3 Å². The first-order valence-electron chi connectivity index (χ1n) is 20.8. The number of hydrogen-bond acceptors (Lipinski definition) is 9. The van der Waals surface area contributed by atoms with Crippen LogP contribution < -0.4 is 20.4 Å². The van der Waals surface area contributed by atoms with Crippen molar-refractivity contribution in [3.63, 3.8) is 0 Å². The number of carbonyl (C=O) groups excluding carboxylic acids is 5. The van der Waals surface area contributed by atoms with Crippen LogP contribution in [0.25, 0.3) is 4.85 Å². The fourth-order valence-corrected chi connectivity index (χ4v) is 9.39.